The molecule has 1 aromatic heterocycles. The van der Waals surface area contributed by atoms with E-state index in [0.717, 1.165) is 6.08 Å². The summed E-state index contributed by atoms with van der Waals surface area (Å²) in [6.45, 7) is 4.93. The number of thiol groups is 1. The zero-order valence-electron chi connectivity index (χ0n) is 19.7. The summed E-state index contributed by atoms with van der Waals surface area (Å²) in [7, 11) is 0. The van der Waals surface area contributed by atoms with Crippen molar-refractivity contribution in [1.82, 2.24) is 0 Å². The Morgan fingerprint density at radius 3 is 2.60 bits per heavy atom. The van der Waals surface area contributed by atoms with Crippen molar-refractivity contribution in [2.24, 2.45) is 28.6 Å². The van der Waals surface area contributed by atoms with Crippen molar-refractivity contribution in [1.29, 1.82) is 0 Å². The number of hydrogen-bond acceptors (Lipinski definition) is 6. The van der Waals surface area contributed by atoms with Gasteiger partial charge in [-0.25, -0.2) is 13.6 Å². The van der Waals surface area contributed by atoms with Gasteiger partial charge in [0.05, 0.1) is 12.4 Å². The molecule has 0 radical (unpaired) electrons. The Bertz CT molecular complexity index is 1160. The number of carbonyl (C=O) groups excluding carboxylic acids is 3. The van der Waals surface area contributed by atoms with E-state index in [1.165, 1.54) is 37.5 Å². The normalized spacial score (nSPS) is 46.3. The number of carbonyl (C=O) groups is 3. The van der Waals surface area contributed by atoms with Crippen LogP contribution >= 0.6 is 12.6 Å². The van der Waals surface area contributed by atoms with Gasteiger partial charge >= 0.3 is 5.97 Å². The quantitative estimate of drug-likeness (QED) is 0.472. The van der Waals surface area contributed by atoms with Crippen molar-refractivity contribution in [2.45, 2.75) is 63.6 Å². The molecular weight excluding hydrogens is 478 g/mol. The maximum atomic E-state index is 17.3. The van der Waals surface area contributed by atoms with Crippen molar-refractivity contribution in [3.05, 3.63) is 48.0 Å². The fraction of sp³-hybridized carbons (Fsp3) is 0.577. The molecule has 4 aliphatic carbocycles. The van der Waals surface area contributed by atoms with Crippen LogP contribution in [0.5, 0.6) is 0 Å². The molecule has 0 spiro atoms. The molecule has 5 rings (SSSR count). The van der Waals surface area contributed by atoms with E-state index in [-0.39, 0.29) is 30.6 Å². The SMILES string of the molecule is C[C@@H]1CC2C3C[C@H](F)C4=CC(=O)C=C[C@]4(C)[C@@]3(F)C(O)C[C@]2(C)[C@@]1(OC(=O)c1ccco1)C(=O)S. The maximum absolute atomic E-state index is 17.3. The predicted octanol–water partition coefficient (Wildman–Crippen LogP) is 4.20. The van der Waals surface area contributed by atoms with Crippen LogP contribution in [-0.4, -0.2) is 45.5 Å². The lowest BCUT2D eigenvalue weighted by Gasteiger charge is -2.63. The Morgan fingerprint density at radius 2 is 1.97 bits per heavy atom. The van der Waals surface area contributed by atoms with Crippen LogP contribution in [0.4, 0.5) is 8.78 Å². The number of hydrogen-bond donors (Lipinski definition) is 2. The van der Waals surface area contributed by atoms with E-state index in [9.17, 15) is 19.5 Å². The van der Waals surface area contributed by atoms with Crippen LogP contribution in [0.3, 0.4) is 0 Å². The van der Waals surface area contributed by atoms with Crippen molar-refractivity contribution < 1.29 is 37.4 Å². The number of alkyl halides is 2. The molecular formula is C26H28F2O6S. The highest BCUT2D eigenvalue weighted by molar-refractivity contribution is 7.96. The van der Waals surface area contributed by atoms with Crippen LogP contribution in [0, 0.1) is 28.6 Å². The Morgan fingerprint density at radius 1 is 1.26 bits per heavy atom. The van der Waals surface area contributed by atoms with E-state index in [1.807, 2.05) is 0 Å². The molecule has 3 fully saturated rings. The van der Waals surface area contributed by atoms with Crippen LogP contribution < -0.4 is 0 Å². The number of rotatable bonds is 3. The Kier molecular flexibility index (Phi) is 5.32. The highest BCUT2D eigenvalue weighted by atomic mass is 32.1. The van der Waals surface area contributed by atoms with Gasteiger partial charge in [-0.3, -0.25) is 9.59 Å². The molecule has 1 aromatic rings. The number of aliphatic hydroxyl groups excluding tert-OH is 1. The number of allylic oxidation sites excluding steroid dienone is 4. The zero-order chi connectivity index (χ0) is 25.6. The molecule has 0 aliphatic heterocycles. The summed E-state index contributed by atoms with van der Waals surface area (Å²) in [4.78, 5) is 38.0. The largest absolute Gasteiger partial charge is 0.457 e. The molecule has 188 valence electrons. The number of fused-ring (bicyclic) bond motifs is 5. The number of furan rings is 1. The number of ketones is 1. The molecule has 9 heteroatoms. The molecule has 0 bridgehead atoms. The van der Waals surface area contributed by atoms with Gasteiger partial charge in [0.15, 0.2) is 17.1 Å². The van der Waals surface area contributed by atoms with Crippen molar-refractivity contribution >= 4 is 29.5 Å². The molecule has 6 nitrogen and oxygen atoms in total. The van der Waals surface area contributed by atoms with Gasteiger partial charge in [0.1, 0.15) is 6.17 Å². The van der Waals surface area contributed by atoms with Gasteiger partial charge in [-0.1, -0.05) is 19.9 Å². The first-order valence-electron chi connectivity index (χ1n) is 11.8. The summed E-state index contributed by atoms with van der Waals surface area (Å²) >= 11 is 4.11. The summed E-state index contributed by atoms with van der Waals surface area (Å²) < 4.78 is 43.8. The van der Waals surface area contributed by atoms with Gasteiger partial charge in [-0.2, -0.15) is 0 Å². The third-order valence-electron chi connectivity index (χ3n) is 9.46. The molecule has 0 amide bonds. The first kappa shape index (κ1) is 24.4. The van der Waals surface area contributed by atoms with Crippen LogP contribution in [-0.2, 0) is 14.3 Å². The third kappa shape index (κ3) is 2.88. The second-order valence-electron chi connectivity index (χ2n) is 10.9. The van der Waals surface area contributed by atoms with Gasteiger partial charge < -0.3 is 14.3 Å². The lowest BCUT2D eigenvalue weighted by molar-refractivity contribution is -0.221. The summed E-state index contributed by atoms with van der Waals surface area (Å²) in [6.07, 6.45) is 1.58. The Hall–Kier alpha value is -2.26. The van der Waals surface area contributed by atoms with Crippen LogP contribution in [0.15, 0.2) is 46.6 Å². The lowest BCUT2D eigenvalue weighted by Crippen LogP contribution is -2.70. The molecule has 9 atom stereocenters. The fourth-order valence-electron chi connectivity index (χ4n) is 7.83. The minimum atomic E-state index is -2.29. The maximum Gasteiger partial charge on any atom is 0.375 e. The second-order valence-corrected chi connectivity index (χ2v) is 11.3. The van der Waals surface area contributed by atoms with Gasteiger partial charge in [0.25, 0.3) is 0 Å². The first-order chi connectivity index (χ1) is 16.3. The number of ether oxygens (including phenoxy) is 1. The van der Waals surface area contributed by atoms with E-state index in [2.05, 4.69) is 12.6 Å². The molecule has 0 aromatic carbocycles. The van der Waals surface area contributed by atoms with E-state index in [0.29, 0.717) is 0 Å². The zero-order valence-corrected chi connectivity index (χ0v) is 20.6. The highest BCUT2D eigenvalue weighted by Crippen LogP contribution is 2.71. The third-order valence-corrected chi connectivity index (χ3v) is 9.79. The number of esters is 1. The lowest BCUT2D eigenvalue weighted by atomic mass is 9.44. The smallest absolute Gasteiger partial charge is 0.375 e. The summed E-state index contributed by atoms with van der Waals surface area (Å²) in [5.74, 6) is -3.57. The van der Waals surface area contributed by atoms with Crippen molar-refractivity contribution in [3.63, 3.8) is 0 Å². The molecule has 0 saturated heterocycles. The van der Waals surface area contributed by atoms with Crippen LogP contribution in [0.1, 0.15) is 50.6 Å². The standard InChI is InChI=1S/C26H28F2O6S/c1-13-9-15-16-11-18(27)17-10-14(29)6-7-23(17,2)25(16,28)20(30)12-24(15,3)26(13,22(32)35)34-21(31)19-5-4-8-33-19/h4-8,10,13,15-16,18,20,30H,9,11-12H2,1-3H3,(H,32,35)/t13-,15?,16?,18+,20?,23+,24+,25+,26+/m1/s1. The minimum Gasteiger partial charge on any atom is -0.457 e. The molecule has 1 heterocycles. The van der Waals surface area contributed by atoms with Gasteiger partial charge in [-0.15, -0.1) is 12.6 Å². The predicted molar refractivity (Wildman–Crippen MR) is 124 cm³/mol. The summed E-state index contributed by atoms with van der Waals surface area (Å²) in [5, 5.41) is 10.7. The molecule has 35 heavy (non-hydrogen) atoms. The second kappa shape index (κ2) is 7.62. The molecule has 3 unspecified atom stereocenters. The van der Waals surface area contributed by atoms with Crippen molar-refractivity contribution in [2.75, 3.05) is 0 Å². The topological polar surface area (TPSA) is 93.8 Å². The van der Waals surface area contributed by atoms with E-state index in [4.69, 9.17) is 9.15 Å². The number of halogens is 2. The molecule has 4 aliphatic rings. The van der Waals surface area contributed by atoms with E-state index >= 15 is 8.78 Å². The van der Waals surface area contributed by atoms with E-state index in [1.54, 1.807) is 13.8 Å². The molecule has 3 saturated carbocycles. The highest BCUT2D eigenvalue weighted by Gasteiger charge is 2.78. The van der Waals surface area contributed by atoms with Gasteiger partial charge in [-0.05, 0) is 62.0 Å². The summed E-state index contributed by atoms with van der Waals surface area (Å²) in [5.41, 5.74) is -6.80. The summed E-state index contributed by atoms with van der Waals surface area (Å²) in [6, 6.07) is 2.91. The van der Waals surface area contributed by atoms with Crippen LogP contribution in [0.25, 0.3) is 0 Å². The number of aliphatic hydroxyl groups is 1. The first-order valence-corrected chi connectivity index (χ1v) is 12.2. The Labute approximate surface area is 207 Å². The van der Waals surface area contributed by atoms with Gasteiger partial charge in [0, 0.05) is 22.7 Å². The van der Waals surface area contributed by atoms with E-state index < -0.39 is 69.0 Å². The van der Waals surface area contributed by atoms with Crippen LogP contribution in [0.2, 0.25) is 0 Å². The molecule has 1 N–H and O–H groups in total. The monoisotopic (exact) mass is 506 g/mol. The fourth-order valence-corrected chi connectivity index (χ4v) is 8.35. The average molecular weight is 507 g/mol. The average Bonchev–Trinajstić information content (AvgIpc) is 3.39. The van der Waals surface area contributed by atoms with Gasteiger partial charge in [0.2, 0.25) is 10.9 Å². The Balaban J connectivity index is 1.62. The minimum absolute atomic E-state index is 0.0261. The van der Waals surface area contributed by atoms with Crippen molar-refractivity contribution in [3.8, 4) is 0 Å².